The van der Waals surface area contributed by atoms with Gasteiger partial charge in [-0.2, -0.15) is 0 Å². The number of rotatable bonds is 6. The van der Waals surface area contributed by atoms with E-state index in [1.54, 1.807) is 6.33 Å². The van der Waals surface area contributed by atoms with E-state index in [1.807, 2.05) is 56.3 Å². The van der Waals surface area contributed by atoms with E-state index < -0.39 is 0 Å². The smallest absolute Gasteiger partial charge is 0.224 e. The molecule has 0 aliphatic heterocycles. The number of fused-ring (bicyclic) bond motifs is 1. The van der Waals surface area contributed by atoms with Gasteiger partial charge in [0.15, 0.2) is 0 Å². The normalized spacial score (nSPS) is 10.6. The fraction of sp³-hybridized carbons (Fsp3) is 0.250. The Bertz CT molecular complexity index is 866. The van der Waals surface area contributed by atoms with Gasteiger partial charge in [-0.3, -0.25) is 4.79 Å². The third kappa shape index (κ3) is 4.12. The zero-order valence-electron chi connectivity index (χ0n) is 14.5. The summed E-state index contributed by atoms with van der Waals surface area (Å²) in [5.41, 5.74) is 3.99. The molecule has 3 rings (SSSR count). The molecule has 0 saturated heterocycles. The summed E-state index contributed by atoms with van der Waals surface area (Å²) in [4.78, 5) is 20.7. The summed E-state index contributed by atoms with van der Waals surface area (Å²) in [6.45, 7) is 4.69. The lowest BCUT2D eigenvalue weighted by molar-refractivity contribution is -0.116. The van der Waals surface area contributed by atoms with E-state index in [0.717, 1.165) is 40.0 Å². The first-order valence-corrected chi connectivity index (χ1v) is 8.45. The number of para-hydroxylation sites is 2. The van der Waals surface area contributed by atoms with Crippen LogP contribution in [-0.2, 0) is 4.79 Å². The second kappa shape index (κ2) is 7.75. The first kappa shape index (κ1) is 16.9. The van der Waals surface area contributed by atoms with Gasteiger partial charge in [0, 0.05) is 24.0 Å². The van der Waals surface area contributed by atoms with Crippen LogP contribution in [0.4, 0.5) is 11.5 Å². The molecule has 0 aliphatic carbocycles. The molecule has 0 aliphatic rings. The van der Waals surface area contributed by atoms with Gasteiger partial charge in [-0.25, -0.2) is 9.97 Å². The maximum absolute atomic E-state index is 12.2. The van der Waals surface area contributed by atoms with Crippen LogP contribution in [0, 0.1) is 13.8 Å². The number of nitrogens with one attached hydrogen (secondary N) is 2. The number of carbonyl (C=O) groups is 1. The highest BCUT2D eigenvalue weighted by atomic mass is 16.1. The molecule has 1 aromatic heterocycles. The number of aryl methyl sites for hydroxylation is 2. The number of carbonyl (C=O) groups excluding carboxylic acids is 1. The van der Waals surface area contributed by atoms with E-state index in [4.69, 9.17) is 0 Å². The molecule has 2 aromatic carbocycles. The molecule has 1 heterocycles. The molecule has 3 aromatic rings. The summed E-state index contributed by atoms with van der Waals surface area (Å²) in [5.74, 6) is 0.840. The highest BCUT2D eigenvalue weighted by molar-refractivity contribution is 5.92. The minimum absolute atomic E-state index is 0.0340. The van der Waals surface area contributed by atoms with Crippen molar-refractivity contribution in [1.29, 1.82) is 0 Å². The van der Waals surface area contributed by atoms with Gasteiger partial charge in [-0.1, -0.05) is 30.3 Å². The topological polar surface area (TPSA) is 66.9 Å². The van der Waals surface area contributed by atoms with Gasteiger partial charge >= 0.3 is 0 Å². The molecule has 0 radical (unpaired) electrons. The van der Waals surface area contributed by atoms with Crippen LogP contribution in [0.25, 0.3) is 10.9 Å². The largest absolute Gasteiger partial charge is 0.369 e. The van der Waals surface area contributed by atoms with Gasteiger partial charge in [-0.15, -0.1) is 0 Å². The van der Waals surface area contributed by atoms with Gasteiger partial charge in [-0.05, 0) is 43.5 Å². The molecule has 5 heteroatoms. The fourth-order valence-corrected chi connectivity index (χ4v) is 2.81. The lowest BCUT2D eigenvalue weighted by atomic mass is 10.1. The number of amides is 1. The maximum Gasteiger partial charge on any atom is 0.224 e. The van der Waals surface area contributed by atoms with Crippen LogP contribution in [0.15, 0.2) is 48.8 Å². The number of benzene rings is 2. The van der Waals surface area contributed by atoms with Crippen LogP contribution in [0.3, 0.4) is 0 Å². The molecular formula is C20H22N4O. The molecule has 5 nitrogen and oxygen atoms in total. The predicted octanol–water partition coefficient (Wildman–Crippen LogP) is 4.08. The third-order valence-corrected chi connectivity index (χ3v) is 4.16. The summed E-state index contributed by atoms with van der Waals surface area (Å²) >= 11 is 0. The van der Waals surface area contributed by atoms with Crippen molar-refractivity contribution < 1.29 is 4.79 Å². The second-order valence-corrected chi connectivity index (χ2v) is 6.08. The average molecular weight is 334 g/mol. The molecule has 128 valence electrons. The van der Waals surface area contributed by atoms with Crippen LogP contribution in [0.5, 0.6) is 0 Å². The van der Waals surface area contributed by atoms with Crippen molar-refractivity contribution in [2.24, 2.45) is 0 Å². The van der Waals surface area contributed by atoms with E-state index in [9.17, 15) is 4.79 Å². The molecule has 1 amide bonds. The third-order valence-electron chi connectivity index (χ3n) is 4.16. The molecule has 25 heavy (non-hydrogen) atoms. The molecule has 0 saturated carbocycles. The minimum atomic E-state index is 0.0340. The maximum atomic E-state index is 12.2. The van der Waals surface area contributed by atoms with Gasteiger partial charge in [0.25, 0.3) is 0 Å². The summed E-state index contributed by atoms with van der Waals surface area (Å²) in [6, 6.07) is 13.9. The molecule has 0 bridgehead atoms. The highest BCUT2D eigenvalue weighted by Gasteiger charge is 2.07. The van der Waals surface area contributed by atoms with Crippen LogP contribution in [0.2, 0.25) is 0 Å². The Morgan fingerprint density at radius 1 is 1.00 bits per heavy atom. The van der Waals surface area contributed by atoms with Crippen molar-refractivity contribution in [3.05, 3.63) is 59.9 Å². The molecule has 0 atom stereocenters. The van der Waals surface area contributed by atoms with Crippen LogP contribution in [0.1, 0.15) is 24.0 Å². The van der Waals surface area contributed by atoms with Crippen LogP contribution in [-0.4, -0.2) is 22.4 Å². The van der Waals surface area contributed by atoms with Gasteiger partial charge in [0.1, 0.15) is 12.1 Å². The van der Waals surface area contributed by atoms with Crippen LogP contribution < -0.4 is 10.6 Å². The summed E-state index contributed by atoms with van der Waals surface area (Å²) in [5, 5.41) is 7.30. The Labute approximate surface area is 147 Å². The summed E-state index contributed by atoms with van der Waals surface area (Å²) in [6.07, 6.45) is 2.75. The molecule has 0 unspecified atom stereocenters. The van der Waals surface area contributed by atoms with E-state index in [1.165, 1.54) is 0 Å². The van der Waals surface area contributed by atoms with Gasteiger partial charge in [0.2, 0.25) is 5.91 Å². The van der Waals surface area contributed by atoms with Crippen molar-refractivity contribution in [3.63, 3.8) is 0 Å². The predicted molar refractivity (Wildman–Crippen MR) is 102 cm³/mol. The Kier molecular flexibility index (Phi) is 5.23. The first-order chi connectivity index (χ1) is 12.1. The molecule has 0 spiro atoms. The fourth-order valence-electron chi connectivity index (χ4n) is 2.81. The number of hydrogen-bond donors (Lipinski definition) is 2. The highest BCUT2D eigenvalue weighted by Crippen LogP contribution is 2.20. The van der Waals surface area contributed by atoms with Crippen molar-refractivity contribution >= 4 is 28.3 Å². The van der Waals surface area contributed by atoms with Crippen molar-refractivity contribution in [2.45, 2.75) is 26.7 Å². The Balaban J connectivity index is 1.52. The first-order valence-electron chi connectivity index (χ1n) is 8.45. The Hall–Kier alpha value is -2.95. The lowest BCUT2D eigenvalue weighted by Crippen LogP contribution is -2.15. The Morgan fingerprint density at radius 2 is 1.76 bits per heavy atom. The van der Waals surface area contributed by atoms with Crippen molar-refractivity contribution in [1.82, 2.24) is 9.97 Å². The monoisotopic (exact) mass is 334 g/mol. The van der Waals surface area contributed by atoms with E-state index >= 15 is 0 Å². The van der Waals surface area contributed by atoms with E-state index in [0.29, 0.717) is 13.0 Å². The molecular weight excluding hydrogens is 312 g/mol. The Morgan fingerprint density at radius 3 is 2.56 bits per heavy atom. The summed E-state index contributed by atoms with van der Waals surface area (Å²) < 4.78 is 0. The van der Waals surface area contributed by atoms with Crippen molar-refractivity contribution in [2.75, 3.05) is 17.2 Å². The molecule has 2 N–H and O–H groups in total. The number of anilines is 2. The van der Waals surface area contributed by atoms with Gasteiger partial charge < -0.3 is 10.6 Å². The zero-order valence-corrected chi connectivity index (χ0v) is 14.5. The van der Waals surface area contributed by atoms with E-state index in [-0.39, 0.29) is 5.91 Å². The average Bonchev–Trinajstić information content (AvgIpc) is 2.62. The zero-order chi connectivity index (χ0) is 17.6. The van der Waals surface area contributed by atoms with Crippen molar-refractivity contribution in [3.8, 4) is 0 Å². The lowest BCUT2D eigenvalue weighted by Gasteiger charge is -2.12. The SMILES string of the molecule is Cc1cccc(C)c1NC(=O)CCCNc1ncnc2ccccc12. The minimum Gasteiger partial charge on any atom is -0.369 e. The summed E-state index contributed by atoms with van der Waals surface area (Å²) in [7, 11) is 0. The number of nitrogens with zero attached hydrogens (tertiary/aromatic N) is 2. The second-order valence-electron chi connectivity index (χ2n) is 6.08. The number of hydrogen-bond acceptors (Lipinski definition) is 4. The van der Waals surface area contributed by atoms with Gasteiger partial charge in [0.05, 0.1) is 5.52 Å². The molecule has 0 fully saturated rings. The quantitative estimate of drug-likeness (QED) is 0.667. The number of aromatic nitrogens is 2. The standard InChI is InChI=1S/C20H22N4O/c1-14-7-5-8-15(2)19(14)24-18(25)11-6-12-21-20-16-9-3-4-10-17(16)22-13-23-20/h3-5,7-10,13H,6,11-12H2,1-2H3,(H,24,25)(H,21,22,23). The van der Waals surface area contributed by atoms with E-state index in [2.05, 4.69) is 20.6 Å². The van der Waals surface area contributed by atoms with Crippen LogP contribution >= 0.6 is 0 Å².